The zero-order valence-electron chi connectivity index (χ0n) is 15.3. The molecule has 6 nitrogen and oxygen atoms in total. The second-order valence-electron chi connectivity index (χ2n) is 6.36. The number of hydrogen-bond acceptors (Lipinski definition) is 5. The van der Waals surface area contributed by atoms with Crippen LogP contribution in [0.15, 0.2) is 41.3 Å². The maximum absolute atomic E-state index is 12.9. The second kappa shape index (κ2) is 7.55. The third-order valence-corrected chi connectivity index (χ3v) is 5.94. The average Bonchev–Trinajstić information content (AvgIpc) is 2.64. The average molecular weight is 376 g/mol. The number of benzene rings is 2. The summed E-state index contributed by atoms with van der Waals surface area (Å²) >= 11 is 0. The molecule has 7 heteroatoms. The van der Waals surface area contributed by atoms with E-state index in [-0.39, 0.29) is 4.90 Å². The van der Waals surface area contributed by atoms with Crippen molar-refractivity contribution in [2.24, 2.45) is 0 Å². The molecule has 0 aromatic heterocycles. The molecular formula is C19H24N2O4S. The van der Waals surface area contributed by atoms with Crippen LogP contribution in [-0.2, 0) is 14.8 Å². The molecule has 0 spiro atoms. The first-order chi connectivity index (χ1) is 12.4. The van der Waals surface area contributed by atoms with Crippen molar-refractivity contribution in [2.45, 2.75) is 18.7 Å². The zero-order valence-corrected chi connectivity index (χ0v) is 16.1. The molecule has 2 aromatic carbocycles. The Labute approximate surface area is 154 Å². The standard InChI is InChI=1S/C19H24N2O4S/c1-14-4-5-15(2)19(12-14)26(22,23)20-17-13-16(6-7-18(17)24-3)21-8-10-25-11-9-21/h4-7,12-13,20H,8-11H2,1-3H3. The molecule has 0 amide bonds. The van der Waals surface area contributed by atoms with Crippen molar-refractivity contribution < 1.29 is 17.9 Å². The number of aryl methyl sites for hydroxylation is 2. The lowest BCUT2D eigenvalue weighted by Gasteiger charge is -2.29. The lowest BCUT2D eigenvalue weighted by Crippen LogP contribution is -2.36. The van der Waals surface area contributed by atoms with Crippen LogP contribution in [0.1, 0.15) is 11.1 Å². The molecule has 0 unspecified atom stereocenters. The fourth-order valence-corrected chi connectivity index (χ4v) is 4.38. The van der Waals surface area contributed by atoms with E-state index in [2.05, 4.69) is 9.62 Å². The molecule has 0 saturated carbocycles. The highest BCUT2D eigenvalue weighted by Gasteiger charge is 2.20. The summed E-state index contributed by atoms with van der Waals surface area (Å²) in [6.45, 7) is 6.53. The van der Waals surface area contributed by atoms with Crippen molar-refractivity contribution in [3.63, 3.8) is 0 Å². The van der Waals surface area contributed by atoms with Crippen LogP contribution in [0, 0.1) is 13.8 Å². The van der Waals surface area contributed by atoms with Gasteiger partial charge in [0.2, 0.25) is 0 Å². The maximum atomic E-state index is 12.9. The van der Waals surface area contributed by atoms with Gasteiger partial charge in [0.1, 0.15) is 5.75 Å². The maximum Gasteiger partial charge on any atom is 0.262 e. The van der Waals surface area contributed by atoms with E-state index < -0.39 is 10.0 Å². The van der Waals surface area contributed by atoms with Crippen LogP contribution in [0.2, 0.25) is 0 Å². The summed E-state index contributed by atoms with van der Waals surface area (Å²) in [5, 5.41) is 0. The van der Waals surface area contributed by atoms with Gasteiger partial charge in [0, 0.05) is 18.8 Å². The minimum absolute atomic E-state index is 0.274. The molecular weight excluding hydrogens is 352 g/mol. The summed E-state index contributed by atoms with van der Waals surface area (Å²) in [4.78, 5) is 2.44. The predicted octanol–water partition coefficient (Wildman–Crippen LogP) is 2.95. The molecule has 1 fully saturated rings. The number of hydrogen-bond donors (Lipinski definition) is 1. The summed E-state index contributed by atoms with van der Waals surface area (Å²) in [7, 11) is -2.19. The van der Waals surface area contributed by atoms with Crippen molar-refractivity contribution in [3.05, 3.63) is 47.5 Å². The number of nitrogens with one attached hydrogen (secondary N) is 1. The largest absolute Gasteiger partial charge is 0.495 e. The normalized spacial score (nSPS) is 15.0. The Morgan fingerprint density at radius 1 is 1.08 bits per heavy atom. The summed E-state index contributed by atoms with van der Waals surface area (Å²) in [5.74, 6) is 0.482. The molecule has 1 aliphatic rings. The van der Waals surface area contributed by atoms with E-state index >= 15 is 0 Å². The number of nitrogens with zero attached hydrogens (tertiary/aromatic N) is 1. The van der Waals surface area contributed by atoms with E-state index in [1.165, 1.54) is 7.11 Å². The molecule has 140 valence electrons. The number of morpholine rings is 1. The molecule has 2 aromatic rings. The minimum atomic E-state index is -3.72. The van der Waals surface area contributed by atoms with Crippen LogP contribution in [0.3, 0.4) is 0 Å². The van der Waals surface area contributed by atoms with Gasteiger partial charge in [-0.2, -0.15) is 0 Å². The Morgan fingerprint density at radius 3 is 2.50 bits per heavy atom. The van der Waals surface area contributed by atoms with Gasteiger partial charge in [-0.25, -0.2) is 8.42 Å². The minimum Gasteiger partial charge on any atom is -0.495 e. The quantitative estimate of drug-likeness (QED) is 0.869. The number of ether oxygens (including phenoxy) is 2. The van der Waals surface area contributed by atoms with Gasteiger partial charge in [-0.15, -0.1) is 0 Å². The Balaban J connectivity index is 1.95. The van der Waals surface area contributed by atoms with Crippen LogP contribution in [-0.4, -0.2) is 41.8 Å². The van der Waals surface area contributed by atoms with E-state index in [9.17, 15) is 8.42 Å². The second-order valence-corrected chi connectivity index (χ2v) is 8.01. The first-order valence-electron chi connectivity index (χ1n) is 8.51. The Bertz CT molecular complexity index is 890. The van der Waals surface area contributed by atoms with Crippen molar-refractivity contribution in [2.75, 3.05) is 43.0 Å². The highest BCUT2D eigenvalue weighted by Crippen LogP contribution is 2.32. The van der Waals surface area contributed by atoms with Gasteiger partial charge < -0.3 is 14.4 Å². The van der Waals surface area contributed by atoms with Crippen LogP contribution in [0.25, 0.3) is 0 Å². The molecule has 0 atom stereocenters. The topological polar surface area (TPSA) is 67.9 Å². The van der Waals surface area contributed by atoms with Gasteiger partial charge in [0.05, 0.1) is 30.9 Å². The molecule has 0 aliphatic carbocycles. The van der Waals surface area contributed by atoms with Crippen molar-refractivity contribution in [1.82, 2.24) is 0 Å². The van der Waals surface area contributed by atoms with Gasteiger partial charge in [0.15, 0.2) is 0 Å². The lowest BCUT2D eigenvalue weighted by molar-refractivity contribution is 0.122. The molecule has 0 bridgehead atoms. The first-order valence-corrected chi connectivity index (χ1v) is 10.00. The summed E-state index contributed by atoms with van der Waals surface area (Å²) in [5.41, 5.74) is 2.96. The van der Waals surface area contributed by atoms with E-state index in [1.54, 1.807) is 19.1 Å². The first kappa shape index (κ1) is 18.5. The number of methoxy groups -OCH3 is 1. The highest BCUT2D eigenvalue weighted by molar-refractivity contribution is 7.92. The third kappa shape index (κ3) is 3.94. The van der Waals surface area contributed by atoms with Crippen LogP contribution in [0.5, 0.6) is 5.75 Å². The van der Waals surface area contributed by atoms with Crippen molar-refractivity contribution >= 4 is 21.4 Å². The highest BCUT2D eigenvalue weighted by atomic mass is 32.2. The van der Waals surface area contributed by atoms with Crippen LogP contribution >= 0.6 is 0 Å². The van der Waals surface area contributed by atoms with E-state index in [1.807, 2.05) is 31.2 Å². The molecule has 1 saturated heterocycles. The Morgan fingerprint density at radius 2 is 1.81 bits per heavy atom. The van der Waals surface area contributed by atoms with Gasteiger partial charge in [-0.1, -0.05) is 12.1 Å². The number of sulfonamides is 1. The molecule has 1 aliphatic heterocycles. The Kier molecular flexibility index (Phi) is 5.38. The van der Waals surface area contributed by atoms with Gasteiger partial charge in [-0.05, 0) is 49.2 Å². The molecule has 3 rings (SSSR count). The van der Waals surface area contributed by atoms with Crippen molar-refractivity contribution in [1.29, 1.82) is 0 Å². The molecule has 1 N–H and O–H groups in total. The van der Waals surface area contributed by atoms with Gasteiger partial charge in [0.25, 0.3) is 10.0 Å². The van der Waals surface area contributed by atoms with E-state index in [0.717, 1.165) is 24.3 Å². The summed E-state index contributed by atoms with van der Waals surface area (Å²) < 4.78 is 39.3. The fourth-order valence-electron chi connectivity index (χ4n) is 2.99. The van der Waals surface area contributed by atoms with Gasteiger partial charge >= 0.3 is 0 Å². The van der Waals surface area contributed by atoms with E-state index in [0.29, 0.717) is 30.2 Å². The zero-order chi connectivity index (χ0) is 18.7. The smallest absolute Gasteiger partial charge is 0.262 e. The molecule has 0 radical (unpaired) electrons. The van der Waals surface area contributed by atoms with Crippen LogP contribution in [0.4, 0.5) is 11.4 Å². The monoisotopic (exact) mass is 376 g/mol. The van der Waals surface area contributed by atoms with Crippen LogP contribution < -0.4 is 14.4 Å². The summed E-state index contributed by atoms with van der Waals surface area (Å²) in [6, 6.07) is 10.9. The predicted molar refractivity (Wildman–Crippen MR) is 103 cm³/mol. The van der Waals surface area contributed by atoms with Crippen molar-refractivity contribution in [3.8, 4) is 5.75 Å². The Hall–Kier alpha value is -2.25. The third-order valence-electron chi connectivity index (χ3n) is 4.44. The van der Waals surface area contributed by atoms with E-state index in [4.69, 9.17) is 9.47 Å². The fraction of sp³-hybridized carbons (Fsp3) is 0.368. The lowest BCUT2D eigenvalue weighted by atomic mass is 10.2. The van der Waals surface area contributed by atoms with Gasteiger partial charge in [-0.3, -0.25) is 4.72 Å². The SMILES string of the molecule is COc1ccc(N2CCOCC2)cc1NS(=O)(=O)c1cc(C)ccc1C. The number of anilines is 2. The number of rotatable bonds is 5. The summed E-state index contributed by atoms with van der Waals surface area (Å²) in [6.07, 6.45) is 0. The molecule has 1 heterocycles. The molecule has 26 heavy (non-hydrogen) atoms.